The third-order valence-electron chi connectivity index (χ3n) is 5.61. The molecule has 162 valence electrons. The van der Waals surface area contributed by atoms with Crippen molar-refractivity contribution in [2.24, 2.45) is 0 Å². The second-order valence-electron chi connectivity index (χ2n) is 7.76. The first-order valence-corrected chi connectivity index (χ1v) is 10.1. The highest BCUT2D eigenvalue weighted by Gasteiger charge is 2.32. The number of fused-ring (bicyclic) bond motifs is 2. The van der Waals surface area contributed by atoms with E-state index in [0.717, 1.165) is 23.4 Å². The van der Waals surface area contributed by atoms with Crippen LogP contribution in [0.25, 0.3) is 16.8 Å². The molecule has 0 saturated heterocycles. The molecule has 32 heavy (non-hydrogen) atoms. The van der Waals surface area contributed by atoms with Gasteiger partial charge in [0.1, 0.15) is 0 Å². The highest BCUT2D eigenvalue weighted by atomic mass is 19.4. The van der Waals surface area contributed by atoms with Crippen molar-refractivity contribution in [3.8, 4) is 11.1 Å². The lowest BCUT2D eigenvalue weighted by Gasteiger charge is -2.30. The first-order valence-electron chi connectivity index (χ1n) is 10.1. The van der Waals surface area contributed by atoms with E-state index >= 15 is 0 Å². The van der Waals surface area contributed by atoms with E-state index in [4.69, 9.17) is 0 Å². The van der Waals surface area contributed by atoms with Crippen LogP contribution >= 0.6 is 0 Å². The second kappa shape index (κ2) is 7.44. The zero-order valence-corrected chi connectivity index (χ0v) is 17.1. The standard InChI is InChI=1S/C23H18F3N5O/c1-14-9-20-28-12-18(15-5-3-2-4-6-15)22(32)31(20)29-21(14)30-8-7-19-16(13-30)10-17(11-27-19)23(24,25)26/h2-6,9-12H,7-8,13H2,1H3. The molecule has 9 heteroatoms. The zero-order chi connectivity index (χ0) is 22.5. The topological polar surface area (TPSA) is 63.4 Å². The Balaban J connectivity index is 1.57. The van der Waals surface area contributed by atoms with Gasteiger partial charge in [0, 0.05) is 37.6 Å². The average molecular weight is 437 g/mol. The average Bonchev–Trinajstić information content (AvgIpc) is 2.78. The normalized spacial score (nSPS) is 13.9. The third kappa shape index (κ3) is 3.49. The molecule has 1 aliphatic heterocycles. The maximum absolute atomic E-state index is 13.1. The molecule has 4 aromatic rings. The quantitative estimate of drug-likeness (QED) is 0.474. The fourth-order valence-electron chi connectivity index (χ4n) is 3.98. The summed E-state index contributed by atoms with van der Waals surface area (Å²) in [4.78, 5) is 23.4. The van der Waals surface area contributed by atoms with E-state index in [-0.39, 0.29) is 12.1 Å². The Kier molecular flexibility index (Phi) is 4.69. The summed E-state index contributed by atoms with van der Waals surface area (Å²) in [5.41, 5.74) is 2.44. The van der Waals surface area contributed by atoms with Gasteiger partial charge in [0.05, 0.1) is 11.1 Å². The van der Waals surface area contributed by atoms with Gasteiger partial charge in [0.2, 0.25) is 0 Å². The highest BCUT2D eigenvalue weighted by molar-refractivity contribution is 5.63. The van der Waals surface area contributed by atoms with E-state index in [1.54, 1.807) is 6.07 Å². The summed E-state index contributed by atoms with van der Waals surface area (Å²) in [5.74, 6) is 0.537. The molecule has 0 bridgehead atoms. The lowest BCUT2D eigenvalue weighted by atomic mass is 10.0. The number of pyridine rings is 1. The van der Waals surface area contributed by atoms with Crippen LogP contribution in [-0.2, 0) is 19.1 Å². The highest BCUT2D eigenvalue weighted by Crippen LogP contribution is 2.32. The summed E-state index contributed by atoms with van der Waals surface area (Å²) < 4.78 is 40.6. The molecule has 0 N–H and O–H groups in total. The Morgan fingerprint density at radius 3 is 2.56 bits per heavy atom. The third-order valence-corrected chi connectivity index (χ3v) is 5.61. The van der Waals surface area contributed by atoms with Crippen molar-refractivity contribution in [3.63, 3.8) is 0 Å². The maximum atomic E-state index is 13.1. The molecular formula is C23H18F3N5O. The van der Waals surface area contributed by atoms with Crippen LogP contribution in [0.2, 0.25) is 0 Å². The van der Waals surface area contributed by atoms with Gasteiger partial charge in [0.15, 0.2) is 11.5 Å². The number of nitrogens with zero attached hydrogens (tertiary/aromatic N) is 5. The van der Waals surface area contributed by atoms with Crippen molar-refractivity contribution in [1.29, 1.82) is 0 Å². The number of halogens is 3. The van der Waals surface area contributed by atoms with Gasteiger partial charge in [-0.15, -0.1) is 5.10 Å². The predicted molar refractivity (Wildman–Crippen MR) is 113 cm³/mol. The van der Waals surface area contributed by atoms with E-state index in [1.165, 1.54) is 10.7 Å². The molecule has 0 atom stereocenters. The van der Waals surface area contributed by atoms with Crippen molar-refractivity contribution < 1.29 is 13.2 Å². The number of rotatable bonds is 2. The number of alkyl halides is 3. The predicted octanol–water partition coefficient (Wildman–Crippen LogP) is 4.04. The van der Waals surface area contributed by atoms with Gasteiger partial charge >= 0.3 is 6.18 Å². The first kappa shape index (κ1) is 20.2. The number of aryl methyl sites for hydroxylation is 1. The largest absolute Gasteiger partial charge is 0.417 e. The van der Waals surface area contributed by atoms with Crippen molar-refractivity contribution in [3.05, 3.63) is 87.6 Å². The van der Waals surface area contributed by atoms with Gasteiger partial charge in [-0.05, 0) is 35.7 Å². The van der Waals surface area contributed by atoms with Crippen molar-refractivity contribution >= 4 is 11.5 Å². The van der Waals surface area contributed by atoms with Gasteiger partial charge in [-0.1, -0.05) is 30.3 Å². The molecular weight excluding hydrogens is 419 g/mol. The summed E-state index contributed by atoms with van der Waals surface area (Å²) in [7, 11) is 0. The molecule has 6 nitrogen and oxygen atoms in total. The molecule has 1 aromatic carbocycles. The van der Waals surface area contributed by atoms with Gasteiger partial charge in [-0.3, -0.25) is 9.78 Å². The molecule has 4 heterocycles. The number of hydrogen-bond donors (Lipinski definition) is 0. The monoisotopic (exact) mass is 437 g/mol. The maximum Gasteiger partial charge on any atom is 0.417 e. The SMILES string of the molecule is Cc1cc2ncc(-c3ccccc3)c(=O)n2nc1N1CCc2ncc(C(F)(F)F)cc2C1. The zero-order valence-electron chi connectivity index (χ0n) is 17.1. The fraction of sp³-hybridized carbons (Fsp3) is 0.217. The lowest BCUT2D eigenvalue weighted by Crippen LogP contribution is -2.34. The van der Waals surface area contributed by atoms with E-state index in [1.807, 2.05) is 42.2 Å². The minimum absolute atomic E-state index is 0.228. The molecule has 1 aliphatic rings. The molecule has 0 radical (unpaired) electrons. The van der Waals surface area contributed by atoms with Crippen molar-refractivity contribution in [2.45, 2.75) is 26.1 Å². The summed E-state index contributed by atoms with van der Waals surface area (Å²) in [6, 6.07) is 12.1. The summed E-state index contributed by atoms with van der Waals surface area (Å²) in [5, 5.41) is 4.55. The summed E-state index contributed by atoms with van der Waals surface area (Å²) >= 11 is 0. The Morgan fingerprint density at radius 2 is 1.81 bits per heavy atom. The van der Waals surface area contributed by atoms with Crippen LogP contribution in [0, 0.1) is 6.92 Å². The Morgan fingerprint density at radius 1 is 1.03 bits per heavy atom. The van der Waals surface area contributed by atoms with Crippen LogP contribution < -0.4 is 10.5 Å². The van der Waals surface area contributed by atoms with Crippen LogP contribution in [0.1, 0.15) is 22.4 Å². The van der Waals surface area contributed by atoms with Crippen LogP contribution in [0.3, 0.4) is 0 Å². The smallest absolute Gasteiger partial charge is 0.350 e. The van der Waals surface area contributed by atoms with E-state index < -0.39 is 11.7 Å². The Hall–Kier alpha value is -3.75. The van der Waals surface area contributed by atoms with Gasteiger partial charge in [-0.2, -0.15) is 17.7 Å². The number of aromatic nitrogens is 4. The number of hydrogen-bond acceptors (Lipinski definition) is 5. The second-order valence-corrected chi connectivity index (χ2v) is 7.76. The summed E-state index contributed by atoms with van der Waals surface area (Å²) in [6.07, 6.45) is -1.54. The molecule has 0 amide bonds. The molecule has 0 saturated carbocycles. The minimum Gasteiger partial charge on any atom is -0.350 e. The fourth-order valence-corrected chi connectivity index (χ4v) is 3.98. The van der Waals surface area contributed by atoms with Crippen molar-refractivity contribution in [1.82, 2.24) is 19.6 Å². The van der Waals surface area contributed by atoms with E-state index in [9.17, 15) is 18.0 Å². The molecule has 0 aliphatic carbocycles. The first-order chi connectivity index (χ1) is 15.3. The minimum atomic E-state index is -4.45. The molecule has 3 aromatic heterocycles. The van der Waals surface area contributed by atoms with Crippen LogP contribution in [0.15, 0.2) is 59.7 Å². The molecule has 0 spiro atoms. The van der Waals surface area contributed by atoms with Crippen LogP contribution in [-0.4, -0.2) is 26.1 Å². The van der Waals surface area contributed by atoms with E-state index in [2.05, 4.69) is 15.1 Å². The van der Waals surface area contributed by atoms with Crippen LogP contribution in [0.5, 0.6) is 0 Å². The van der Waals surface area contributed by atoms with Gasteiger partial charge in [0.25, 0.3) is 5.56 Å². The van der Waals surface area contributed by atoms with Gasteiger partial charge < -0.3 is 4.90 Å². The molecule has 0 unspecified atom stereocenters. The Labute approximate surface area is 181 Å². The van der Waals surface area contributed by atoms with Gasteiger partial charge in [-0.25, -0.2) is 4.98 Å². The Bertz CT molecular complexity index is 1380. The molecule has 5 rings (SSSR count). The van der Waals surface area contributed by atoms with E-state index in [0.29, 0.717) is 41.3 Å². The van der Waals surface area contributed by atoms with Crippen molar-refractivity contribution in [2.75, 3.05) is 11.4 Å². The number of anilines is 1. The number of benzene rings is 1. The molecule has 0 fully saturated rings. The summed E-state index contributed by atoms with van der Waals surface area (Å²) in [6.45, 7) is 2.61. The lowest BCUT2D eigenvalue weighted by molar-refractivity contribution is -0.137. The van der Waals surface area contributed by atoms with Crippen LogP contribution in [0.4, 0.5) is 19.0 Å².